The summed E-state index contributed by atoms with van der Waals surface area (Å²) in [6.07, 6.45) is 0. The van der Waals surface area contributed by atoms with Gasteiger partial charge in [-0.2, -0.15) is 0 Å². The summed E-state index contributed by atoms with van der Waals surface area (Å²) in [4.78, 5) is 2.44. The summed E-state index contributed by atoms with van der Waals surface area (Å²) in [6.45, 7) is 0. The first kappa shape index (κ1) is 35.2. The first-order valence-electron chi connectivity index (χ1n) is 20.6. The van der Waals surface area contributed by atoms with Crippen LogP contribution >= 0.6 is 0 Å². The Morgan fingerprint density at radius 1 is 0.283 bits per heavy atom. The molecule has 0 saturated carbocycles. The van der Waals surface area contributed by atoms with Gasteiger partial charge in [-0.1, -0.05) is 194 Å². The summed E-state index contributed by atoms with van der Waals surface area (Å²) in [7, 11) is 0. The molecule has 0 aliphatic carbocycles. The van der Waals surface area contributed by atoms with E-state index in [1.165, 1.54) is 54.8 Å². The van der Waals surface area contributed by atoms with Gasteiger partial charge >= 0.3 is 0 Å². The maximum Gasteiger partial charge on any atom is 0.0541 e. The van der Waals surface area contributed by atoms with E-state index in [-0.39, 0.29) is 0 Å². The number of aromatic nitrogens is 1. The van der Waals surface area contributed by atoms with E-state index in [1.807, 2.05) is 0 Å². The average molecular weight is 765 g/mol. The van der Waals surface area contributed by atoms with Crippen LogP contribution in [0.5, 0.6) is 0 Å². The van der Waals surface area contributed by atoms with Crippen LogP contribution in [0.4, 0.5) is 17.1 Å². The van der Waals surface area contributed by atoms with Crippen molar-refractivity contribution in [2.75, 3.05) is 4.90 Å². The van der Waals surface area contributed by atoms with Crippen molar-refractivity contribution in [2.24, 2.45) is 0 Å². The van der Waals surface area contributed by atoms with Crippen LogP contribution in [0.2, 0.25) is 0 Å². The van der Waals surface area contributed by atoms with Crippen LogP contribution in [0.1, 0.15) is 0 Å². The lowest BCUT2D eigenvalue weighted by molar-refractivity contribution is 1.18. The van der Waals surface area contributed by atoms with Crippen molar-refractivity contribution in [3.63, 3.8) is 0 Å². The molecule has 0 aliphatic rings. The van der Waals surface area contributed by atoms with Crippen molar-refractivity contribution in [3.8, 4) is 50.2 Å². The van der Waals surface area contributed by atoms with Gasteiger partial charge in [0.25, 0.3) is 0 Å². The number of nitrogens with zero attached hydrogens (tertiary/aromatic N) is 2. The van der Waals surface area contributed by atoms with Crippen molar-refractivity contribution < 1.29 is 0 Å². The molecule has 0 amide bonds. The van der Waals surface area contributed by atoms with E-state index in [0.29, 0.717) is 0 Å². The smallest absolute Gasteiger partial charge is 0.0541 e. The van der Waals surface area contributed by atoms with Crippen molar-refractivity contribution in [3.05, 3.63) is 243 Å². The van der Waals surface area contributed by atoms with Crippen molar-refractivity contribution in [1.82, 2.24) is 4.57 Å². The van der Waals surface area contributed by atoms with Gasteiger partial charge in [0.15, 0.2) is 0 Å². The van der Waals surface area contributed by atoms with Gasteiger partial charge in [-0.05, 0) is 87.1 Å². The zero-order valence-electron chi connectivity index (χ0n) is 33.0. The summed E-state index contributed by atoms with van der Waals surface area (Å²) < 4.78 is 2.42. The Balaban J connectivity index is 1.11. The predicted octanol–water partition coefficient (Wildman–Crippen LogP) is 16.1. The predicted molar refractivity (Wildman–Crippen MR) is 255 cm³/mol. The van der Waals surface area contributed by atoms with Crippen LogP contribution in [-0.4, -0.2) is 4.57 Å². The highest BCUT2D eigenvalue weighted by Crippen LogP contribution is 2.47. The lowest BCUT2D eigenvalue weighted by Crippen LogP contribution is -2.12. The van der Waals surface area contributed by atoms with Crippen molar-refractivity contribution >= 4 is 49.6 Å². The molecule has 0 radical (unpaired) electrons. The fourth-order valence-electron chi connectivity index (χ4n) is 9.05. The summed E-state index contributed by atoms with van der Waals surface area (Å²) in [5, 5.41) is 4.99. The summed E-state index contributed by atoms with van der Waals surface area (Å²) in [5.41, 5.74) is 16.2. The average Bonchev–Trinajstić information content (AvgIpc) is 3.67. The zero-order valence-corrected chi connectivity index (χ0v) is 33.0. The highest BCUT2D eigenvalue weighted by atomic mass is 15.1. The second-order valence-electron chi connectivity index (χ2n) is 15.3. The Morgan fingerprint density at radius 3 is 1.48 bits per heavy atom. The Hall–Kier alpha value is -7.94. The van der Waals surface area contributed by atoms with E-state index < -0.39 is 0 Å². The number of hydrogen-bond acceptors (Lipinski definition) is 1. The largest absolute Gasteiger partial charge is 0.309 e. The number of rotatable bonds is 8. The zero-order chi connectivity index (χ0) is 39.8. The minimum absolute atomic E-state index is 1.08. The molecule has 2 heteroatoms. The molecule has 0 atom stereocenters. The van der Waals surface area contributed by atoms with Gasteiger partial charge in [-0.3, -0.25) is 0 Å². The van der Waals surface area contributed by atoms with Crippen LogP contribution in [-0.2, 0) is 0 Å². The number of hydrogen-bond donors (Lipinski definition) is 0. The van der Waals surface area contributed by atoms with Crippen LogP contribution in [0.25, 0.3) is 82.8 Å². The third kappa shape index (κ3) is 6.14. The molecule has 1 aromatic heterocycles. The number of benzene rings is 10. The second kappa shape index (κ2) is 15.1. The molecule has 0 bridgehead atoms. The molecule has 0 N–H and O–H groups in total. The maximum atomic E-state index is 2.44. The fourth-order valence-corrected chi connectivity index (χ4v) is 9.05. The monoisotopic (exact) mass is 764 g/mol. The molecule has 0 aliphatic heterocycles. The normalized spacial score (nSPS) is 11.3. The first-order chi connectivity index (χ1) is 29.8. The van der Waals surface area contributed by atoms with Gasteiger partial charge in [0.2, 0.25) is 0 Å². The lowest BCUT2D eigenvalue weighted by atomic mass is 9.93. The molecule has 10 aromatic carbocycles. The summed E-state index contributed by atoms with van der Waals surface area (Å²) in [5.74, 6) is 0. The number of para-hydroxylation sites is 4. The Kier molecular flexibility index (Phi) is 8.87. The molecule has 11 aromatic rings. The first-order valence-corrected chi connectivity index (χ1v) is 20.6. The molecule has 0 saturated heterocycles. The van der Waals surface area contributed by atoms with Crippen molar-refractivity contribution in [2.45, 2.75) is 0 Å². The number of fused-ring (bicyclic) bond motifs is 4. The Morgan fingerprint density at radius 2 is 0.767 bits per heavy atom. The third-order valence-corrected chi connectivity index (χ3v) is 11.8. The Bertz CT molecular complexity index is 3250. The van der Waals surface area contributed by atoms with Gasteiger partial charge < -0.3 is 9.47 Å². The van der Waals surface area contributed by atoms with Crippen LogP contribution in [0, 0.1) is 0 Å². The van der Waals surface area contributed by atoms with Crippen LogP contribution in [0.15, 0.2) is 243 Å². The molecular weight excluding hydrogens is 725 g/mol. The van der Waals surface area contributed by atoms with Gasteiger partial charge in [0.1, 0.15) is 0 Å². The molecule has 11 rings (SSSR count). The molecule has 0 unspecified atom stereocenters. The van der Waals surface area contributed by atoms with E-state index >= 15 is 0 Å². The van der Waals surface area contributed by atoms with Gasteiger partial charge in [0.05, 0.1) is 28.1 Å². The molecule has 2 nitrogen and oxygen atoms in total. The third-order valence-electron chi connectivity index (χ3n) is 11.8. The molecule has 0 fully saturated rings. The Labute approximate surface area is 350 Å². The van der Waals surface area contributed by atoms with E-state index in [1.54, 1.807) is 0 Å². The highest BCUT2D eigenvalue weighted by molar-refractivity contribution is 6.10. The van der Waals surface area contributed by atoms with E-state index in [2.05, 4.69) is 252 Å². The van der Waals surface area contributed by atoms with E-state index in [4.69, 9.17) is 0 Å². The summed E-state index contributed by atoms with van der Waals surface area (Å²) >= 11 is 0. The molecular formula is C58H40N2. The molecule has 1 heterocycles. The van der Waals surface area contributed by atoms with Crippen LogP contribution < -0.4 is 4.90 Å². The standard InChI is InChI=1S/C58H40N2/c1-3-18-42(19-4-1)49-25-9-13-30-54(49)59(58-39-36-45(40-53(58)43-20-5-2-6-21-43)48-29-17-23-41-22-7-8-24-47(41)48)46-37-34-44(35-38-46)50-26-10-14-31-55(50)60-56-32-15-11-27-51(56)52-28-12-16-33-57(52)60/h1-40H. The van der Waals surface area contributed by atoms with Gasteiger partial charge in [-0.25, -0.2) is 0 Å². The molecule has 282 valence electrons. The van der Waals surface area contributed by atoms with Gasteiger partial charge in [0, 0.05) is 33.2 Å². The second-order valence-corrected chi connectivity index (χ2v) is 15.3. The quantitative estimate of drug-likeness (QED) is 0.150. The van der Waals surface area contributed by atoms with Crippen LogP contribution in [0.3, 0.4) is 0 Å². The van der Waals surface area contributed by atoms with Crippen molar-refractivity contribution in [1.29, 1.82) is 0 Å². The number of anilines is 3. The summed E-state index contributed by atoms with van der Waals surface area (Å²) in [6, 6.07) is 87.9. The van der Waals surface area contributed by atoms with Gasteiger partial charge in [-0.15, -0.1) is 0 Å². The highest BCUT2D eigenvalue weighted by Gasteiger charge is 2.22. The SMILES string of the molecule is c1ccc(-c2ccccc2N(c2ccc(-c3ccccc3-n3c4ccccc4c4ccccc43)cc2)c2ccc(-c3cccc4ccccc34)cc2-c2ccccc2)cc1. The lowest BCUT2D eigenvalue weighted by Gasteiger charge is -2.30. The molecule has 60 heavy (non-hydrogen) atoms. The minimum atomic E-state index is 1.08. The topological polar surface area (TPSA) is 8.17 Å². The fraction of sp³-hybridized carbons (Fsp3) is 0. The van der Waals surface area contributed by atoms with E-state index in [0.717, 1.165) is 45.0 Å². The maximum absolute atomic E-state index is 2.44. The molecule has 0 spiro atoms. The minimum Gasteiger partial charge on any atom is -0.309 e. The van der Waals surface area contributed by atoms with E-state index in [9.17, 15) is 0 Å².